The number of fused-ring (bicyclic) bond motifs is 1. The Morgan fingerprint density at radius 3 is 2.78 bits per heavy atom. The van der Waals surface area contributed by atoms with E-state index in [0.717, 1.165) is 23.8 Å². The molecule has 2 aromatic rings. The number of ether oxygens (including phenoxy) is 2. The molecule has 0 spiro atoms. The Hall–Kier alpha value is -2.50. The van der Waals surface area contributed by atoms with Crippen LogP contribution in [-0.2, 0) is 20.7 Å². The van der Waals surface area contributed by atoms with Crippen LogP contribution in [0.4, 0.5) is 0 Å². The molecule has 1 aromatic carbocycles. The van der Waals surface area contributed by atoms with Crippen LogP contribution >= 0.6 is 0 Å². The summed E-state index contributed by atoms with van der Waals surface area (Å²) in [4.78, 5) is 24.4. The highest BCUT2D eigenvalue weighted by molar-refractivity contribution is 5.88. The molecule has 0 saturated heterocycles. The van der Waals surface area contributed by atoms with Crippen LogP contribution in [0, 0.1) is 5.92 Å². The number of benzene rings is 1. The van der Waals surface area contributed by atoms with Crippen molar-refractivity contribution >= 4 is 22.8 Å². The molecule has 1 fully saturated rings. The molecule has 146 valence electrons. The van der Waals surface area contributed by atoms with Gasteiger partial charge in [-0.2, -0.15) is 0 Å². The lowest BCUT2D eigenvalue weighted by Crippen LogP contribution is -2.39. The van der Waals surface area contributed by atoms with Gasteiger partial charge in [-0.05, 0) is 37.8 Å². The highest BCUT2D eigenvalue weighted by atomic mass is 16.5. The number of nitrogens with one attached hydrogen (secondary N) is 1. The molecule has 3 rings (SSSR count). The lowest BCUT2D eigenvalue weighted by atomic mass is 9.89. The summed E-state index contributed by atoms with van der Waals surface area (Å²) >= 11 is 0. The molecule has 1 aliphatic rings. The zero-order chi connectivity index (χ0) is 19.2. The van der Waals surface area contributed by atoms with Crippen LogP contribution in [-0.4, -0.2) is 31.6 Å². The second-order valence-corrected chi connectivity index (χ2v) is 7.18. The van der Waals surface area contributed by atoms with Crippen LogP contribution in [0.3, 0.4) is 0 Å². The summed E-state index contributed by atoms with van der Waals surface area (Å²) in [5.41, 5.74) is 1.38. The summed E-state index contributed by atoms with van der Waals surface area (Å²) in [5, 5.41) is 3.75. The molecule has 1 saturated carbocycles. The number of hydrogen-bond donors (Lipinski definition) is 1. The molecular formula is C21H27NO5. The largest absolute Gasteiger partial charge is 0.497 e. The topological polar surface area (TPSA) is 77.8 Å². The summed E-state index contributed by atoms with van der Waals surface area (Å²) in [5.74, 6) is 0.540. The van der Waals surface area contributed by atoms with Crippen molar-refractivity contribution in [3.05, 3.63) is 30.0 Å². The molecule has 6 nitrogen and oxygen atoms in total. The Kier molecular flexibility index (Phi) is 6.37. The molecule has 0 unspecified atom stereocenters. The number of rotatable bonds is 7. The summed E-state index contributed by atoms with van der Waals surface area (Å²) in [6.45, 7) is 2.27. The Morgan fingerprint density at radius 2 is 2.04 bits per heavy atom. The predicted molar refractivity (Wildman–Crippen MR) is 102 cm³/mol. The maximum atomic E-state index is 12.2. The van der Waals surface area contributed by atoms with Crippen LogP contribution in [0.25, 0.3) is 11.0 Å². The van der Waals surface area contributed by atoms with Crippen molar-refractivity contribution in [1.29, 1.82) is 0 Å². The molecule has 6 heteroatoms. The van der Waals surface area contributed by atoms with E-state index in [4.69, 9.17) is 13.9 Å². The minimum Gasteiger partial charge on any atom is -0.497 e. The van der Waals surface area contributed by atoms with Gasteiger partial charge in [0.15, 0.2) is 6.10 Å². The second kappa shape index (κ2) is 8.93. The summed E-state index contributed by atoms with van der Waals surface area (Å²) in [7, 11) is 1.59. The van der Waals surface area contributed by atoms with Crippen molar-refractivity contribution in [1.82, 2.24) is 5.32 Å². The van der Waals surface area contributed by atoms with E-state index in [-0.39, 0.29) is 12.3 Å². The molecule has 0 aliphatic heterocycles. The van der Waals surface area contributed by atoms with Gasteiger partial charge < -0.3 is 19.2 Å². The van der Waals surface area contributed by atoms with E-state index in [1.807, 2.05) is 12.1 Å². The first-order valence-electron chi connectivity index (χ1n) is 9.58. The molecule has 1 N–H and O–H groups in total. The van der Waals surface area contributed by atoms with Crippen molar-refractivity contribution in [2.24, 2.45) is 5.92 Å². The number of carbonyl (C=O) groups excluding carboxylic acids is 2. The van der Waals surface area contributed by atoms with Crippen molar-refractivity contribution in [3.63, 3.8) is 0 Å². The van der Waals surface area contributed by atoms with Gasteiger partial charge in [0.05, 0.1) is 19.8 Å². The average Bonchev–Trinajstić information content (AvgIpc) is 3.08. The zero-order valence-corrected chi connectivity index (χ0v) is 16.0. The average molecular weight is 373 g/mol. The van der Waals surface area contributed by atoms with E-state index in [1.165, 1.54) is 19.3 Å². The number of amides is 1. The minimum atomic E-state index is -0.806. The standard InChI is InChI=1S/C21H27NO5/c1-14(21(24)22-12-15-6-4-3-5-7-15)27-20(23)10-16-13-26-19-11-17(25-2)8-9-18(16)19/h8-9,11,13-15H,3-7,10,12H2,1-2H3,(H,22,24)/t14-/m1/s1. The van der Waals surface area contributed by atoms with Crippen molar-refractivity contribution in [2.45, 2.75) is 51.6 Å². The highest BCUT2D eigenvalue weighted by Crippen LogP contribution is 2.26. The van der Waals surface area contributed by atoms with Gasteiger partial charge in [-0.1, -0.05) is 19.3 Å². The van der Waals surface area contributed by atoms with Gasteiger partial charge in [0.2, 0.25) is 0 Å². The summed E-state index contributed by atoms with van der Waals surface area (Å²) in [6.07, 6.45) is 6.86. The Balaban J connectivity index is 1.50. The van der Waals surface area contributed by atoms with Crippen molar-refractivity contribution in [3.8, 4) is 5.75 Å². The third-order valence-corrected chi connectivity index (χ3v) is 5.16. The summed E-state index contributed by atoms with van der Waals surface area (Å²) < 4.78 is 15.9. The second-order valence-electron chi connectivity index (χ2n) is 7.18. The molecule has 1 heterocycles. The number of esters is 1. The molecule has 0 bridgehead atoms. The van der Waals surface area contributed by atoms with Gasteiger partial charge >= 0.3 is 5.97 Å². The maximum Gasteiger partial charge on any atom is 0.311 e. The maximum absolute atomic E-state index is 12.2. The first-order valence-corrected chi connectivity index (χ1v) is 9.58. The highest BCUT2D eigenvalue weighted by Gasteiger charge is 2.21. The SMILES string of the molecule is COc1ccc2c(CC(=O)O[C@H](C)C(=O)NCC3CCCCC3)coc2c1. The third kappa shape index (κ3) is 5.02. The molecular weight excluding hydrogens is 346 g/mol. The van der Waals surface area contributed by atoms with Crippen molar-refractivity contribution < 1.29 is 23.5 Å². The monoisotopic (exact) mass is 373 g/mol. The zero-order valence-electron chi connectivity index (χ0n) is 16.0. The fourth-order valence-corrected chi connectivity index (χ4v) is 3.56. The van der Waals surface area contributed by atoms with E-state index in [9.17, 15) is 9.59 Å². The molecule has 0 radical (unpaired) electrons. The molecule has 1 aromatic heterocycles. The lowest BCUT2D eigenvalue weighted by Gasteiger charge is -2.22. The number of furan rings is 1. The van der Waals surface area contributed by atoms with Crippen LogP contribution in [0.15, 0.2) is 28.9 Å². The van der Waals surface area contributed by atoms with Gasteiger partial charge in [0.1, 0.15) is 11.3 Å². The fraction of sp³-hybridized carbons (Fsp3) is 0.524. The van der Waals surface area contributed by atoms with Gasteiger partial charge in [-0.15, -0.1) is 0 Å². The Morgan fingerprint density at radius 1 is 1.26 bits per heavy atom. The fourth-order valence-electron chi connectivity index (χ4n) is 3.56. The quantitative estimate of drug-likeness (QED) is 0.750. The van der Waals surface area contributed by atoms with Gasteiger partial charge in [-0.3, -0.25) is 9.59 Å². The van der Waals surface area contributed by atoms with E-state index in [1.54, 1.807) is 26.4 Å². The smallest absolute Gasteiger partial charge is 0.311 e. The van der Waals surface area contributed by atoms with Crippen molar-refractivity contribution in [2.75, 3.05) is 13.7 Å². The van der Waals surface area contributed by atoms with Crippen LogP contribution in [0.1, 0.15) is 44.6 Å². The van der Waals surface area contributed by atoms with E-state index < -0.39 is 12.1 Å². The third-order valence-electron chi connectivity index (χ3n) is 5.16. The lowest BCUT2D eigenvalue weighted by molar-refractivity contribution is -0.154. The minimum absolute atomic E-state index is 0.0551. The van der Waals surface area contributed by atoms with Crippen LogP contribution in [0.2, 0.25) is 0 Å². The molecule has 1 amide bonds. The van der Waals surface area contributed by atoms with Gasteiger partial charge in [-0.25, -0.2) is 0 Å². The number of hydrogen-bond acceptors (Lipinski definition) is 5. The van der Waals surface area contributed by atoms with Crippen LogP contribution in [0.5, 0.6) is 5.75 Å². The molecule has 1 aliphatic carbocycles. The van der Waals surface area contributed by atoms with E-state index in [0.29, 0.717) is 23.8 Å². The van der Waals surface area contributed by atoms with Gasteiger partial charge in [0.25, 0.3) is 5.91 Å². The summed E-state index contributed by atoms with van der Waals surface area (Å²) in [6, 6.07) is 5.43. The Bertz CT molecular complexity index is 791. The molecule has 27 heavy (non-hydrogen) atoms. The van der Waals surface area contributed by atoms with Gasteiger partial charge in [0, 0.05) is 23.6 Å². The van der Waals surface area contributed by atoms with E-state index in [2.05, 4.69) is 5.32 Å². The first-order chi connectivity index (χ1) is 13.1. The van der Waals surface area contributed by atoms with Crippen LogP contribution < -0.4 is 10.1 Å². The normalized spacial score (nSPS) is 16.1. The van der Waals surface area contributed by atoms with E-state index >= 15 is 0 Å². The predicted octanol–water partition coefficient (Wildman–Crippen LogP) is 3.61. The number of methoxy groups -OCH3 is 1. The molecule has 1 atom stereocenters. The Labute approximate surface area is 159 Å². The number of carbonyl (C=O) groups is 2. The first kappa shape index (κ1) is 19.3.